The second-order valence-electron chi connectivity index (χ2n) is 10.5. The summed E-state index contributed by atoms with van der Waals surface area (Å²) in [6, 6.07) is 29.4. The van der Waals surface area contributed by atoms with Crippen molar-refractivity contribution in [3.63, 3.8) is 0 Å². The van der Waals surface area contributed by atoms with Crippen LogP contribution in [0.15, 0.2) is 91.0 Å². The fraction of sp³-hybridized carbons (Fsp3) is 0.429. The summed E-state index contributed by atoms with van der Waals surface area (Å²) in [7, 11) is 0. The Morgan fingerprint density at radius 3 is 1.33 bits per heavy atom. The smallest absolute Gasteiger partial charge is 0.410 e. The standard InChI is InChI=1S/C35H46N2O5/c38-27-17-4-3-15-25-36(34(39)41-29-32-20-10-6-11-21-32)24-14-1-2-16-26-37(28-31-18-8-5-9-19-31)35(40)42-30-33-22-12-7-13-23-33/h5-13,18-23,38H,1-4,14-17,24-30H2. The van der Waals surface area contributed by atoms with Gasteiger partial charge in [-0.15, -0.1) is 0 Å². The number of carbonyl (C=O) groups excluding carboxylic acids is 2. The number of amides is 2. The highest BCUT2D eigenvalue weighted by Gasteiger charge is 2.17. The lowest BCUT2D eigenvalue weighted by molar-refractivity contribution is 0.0916. The molecule has 0 spiro atoms. The first-order valence-electron chi connectivity index (χ1n) is 15.2. The third kappa shape index (κ3) is 13.2. The molecule has 0 unspecified atom stereocenters. The Labute approximate surface area is 251 Å². The Balaban J connectivity index is 1.44. The van der Waals surface area contributed by atoms with E-state index < -0.39 is 0 Å². The number of nitrogens with zero attached hydrogens (tertiary/aromatic N) is 2. The van der Waals surface area contributed by atoms with Gasteiger partial charge in [-0.3, -0.25) is 0 Å². The lowest BCUT2D eigenvalue weighted by Gasteiger charge is -2.23. The molecule has 3 aromatic rings. The van der Waals surface area contributed by atoms with E-state index in [4.69, 9.17) is 14.6 Å². The molecule has 0 saturated heterocycles. The Hall–Kier alpha value is -3.84. The molecule has 226 valence electrons. The maximum atomic E-state index is 13.0. The van der Waals surface area contributed by atoms with Crippen molar-refractivity contribution in [2.75, 3.05) is 26.2 Å². The Kier molecular flexibility index (Phi) is 15.6. The van der Waals surface area contributed by atoms with Gasteiger partial charge in [-0.1, -0.05) is 117 Å². The summed E-state index contributed by atoms with van der Waals surface area (Å²) in [6.45, 7) is 3.12. The van der Waals surface area contributed by atoms with Gasteiger partial charge in [0.05, 0.1) is 0 Å². The second-order valence-corrected chi connectivity index (χ2v) is 10.5. The molecule has 0 aliphatic heterocycles. The van der Waals surface area contributed by atoms with Crippen molar-refractivity contribution in [1.29, 1.82) is 0 Å². The first-order chi connectivity index (χ1) is 20.7. The third-order valence-corrected chi connectivity index (χ3v) is 7.09. The van der Waals surface area contributed by atoms with Gasteiger partial charge in [0, 0.05) is 32.8 Å². The normalized spacial score (nSPS) is 10.7. The van der Waals surface area contributed by atoms with E-state index in [1.807, 2.05) is 95.9 Å². The van der Waals surface area contributed by atoms with Crippen molar-refractivity contribution in [3.05, 3.63) is 108 Å². The summed E-state index contributed by atoms with van der Waals surface area (Å²) in [5.41, 5.74) is 3.00. The zero-order chi connectivity index (χ0) is 29.7. The number of aliphatic hydroxyl groups is 1. The minimum Gasteiger partial charge on any atom is -0.445 e. The van der Waals surface area contributed by atoms with Gasteiger partial charge < -0.3 is 24.4 Å². The summed E-state index contributed by atoms with van der Waals surface area (Å²) >= 11 is 0. The van der Waals surface area contributed by atoms with Crippen molar-refractivity contribution in [1.82, 2.24) is 9.80 Å². The van der Waals surface area contributed by atoms with Gasteiger partial charge in [-0.25, -0.2) is 9.59 Å². The van der Waals surface area contributed by atoms with E-state index in [-0.39, 0.29) is 32.0 Å². The number of rotatable bonds is 19. The lowest BCUT2D eigenvalue weighted by atomic mass is 10.1. The summed E-state index contributed by atoms with van der Waals surface area (Å²) < 4.78 is 11.2. The Bertz CT molecular complexity index is 1130. The van der Waals surface area contributed by atoms with E-state index in [1.165, 1.54) is 0 Å². The van der Waals surface area contributed by atoms with Crippen LogP contribution in [0.2, 0.25) is 0 Å². The highest BCUT2D eigenvalue weighted by Crippen LogP contribution is 2.13. The van der Waals surface area contributed by atoms with E-state index in [0.29, 0.717) is 26.2 Å². The van der Waals surface area contributed by atoms with Crippen LogP contribution in [0.25, 0.3) is 0 Å². The van der Waals surface area contributed by atoms with Gasteiger partial charge in [-0.2, -0.15) is 0 Å². The molecule has 0 fully saturated rings. The summed E-state index contributed by atoms with van der Waals surface area (Å²) in [4.78, 5) is 29.4. The van der Waals surface area contributed by atoms with Crippen molar-refractivity contribution in [2.24, 2.45) is 0 Å². The van der Waals surface area contributed by atoms with Crippen LogP contribution in [0.1, 0.15) is 68.1 Å². The van der Waals surface area contributed by atoms with Crippen LogP contribution in [0, 0.1) is 0 Å². The fourth-order valence-corrected chi connectivity index (χ4v) is 4.68. The van der Waals surface area contributed by atoms with Crippen LogP contribution in [-0.2, 0) is 29.2 Å². The van der Waals surface area contributed by atoms with E-state index in [0.717, 1.165) is 68.1 Å². The average Bonchev–Trinajstić information content (AvgIpc) is 3.03. The summed E-state index contributed by atoms with van der Waals surface area (Å²) in [5.74, 6) is 0. The van der Waals surface area contributed by atoms with Crippen LogP contribution < -0.4 is 0 Å². The van der Waals surface area contributed by atoms with Gasteiger partial charge in [0.15, 0.2) is 0 Å². The summed E-state index contributed by atoms with van der Waals surface area (Å²) in [5, 5.41) is 9.03. The number of unbranched alkanes of at least 4 members (excludes halogenated alkanes) is 6. The van der Waals surface area contributed by atoms with Crippen molar-refractivity contribution in [3.8, 4) is 0 Å². The number of carbonyl (C=O) groups is 2. The quantitative estimate of drug-likeness (QED) is 0.149. The van der Waals surface area contributed by atoms with Crippen molar-refractivity contribution < 1.29 is 24.2 Å². The molecule has 3 rings (SSSR count). The van der Waals surface area contributed by atoms with Crippen LogP contribution in [0.5, 0.6) is 0 Å². The minimum atomic E-state index is -0.309. The van der Waals surface area contributed by atoms with Gasteiger partial charge in [0.2, 0.25) is 0 Å². The van der Waals surface area contributed by atoms with Gasteiger partial charge in [-0.05, 0) is 42.4 Å². The van der Waals surface area contributed by atoms with Gasteiger partial charge >= 0.3 is 12.2 Å². The van der Waals surface area contributed by atoms with Crippen LogP contribution >= 0.6 is 0 Å². The highest BCUT2D eigenvalue weighted by atomic mass is 16.6. The molecule has 0 aliphatic rings. The number of ether oxygens (including phenoxy) is 2. The van der Waals surface area contributed by atoms with E-state index in [2.05, 4.69) is 0 Å². The zero-order valence-electron chi connectivity index (χ0n) is 24.7. The first-order valence-corrected chi connectivity index (χ1v) is 15.2. The van der Waals surface area contributed by atoms with Crippen molar-refractivity contribution >= 4 is 12.2 Å². The third-order valence-electron chi connectivity index (χ3n) is 7.09. The molecule has 1 N–H and O–H groups in total. The van der Waals surface area contributed by atoms with E-state index in [1.54, 1.807) is 4.90 Å². The van der Waals surface area contributed by atoms with Crippen LogP contribution in [0.4, 0.5) is 9.59 Å². The first kappa shape index (κ1) is 32.7. The summed E-state index contributed by atoms with van der Waals surface area (Å²) in [6.07, 6.45) is 6.64. The number of hydrogen-bond donors (Lipinski definition) is 1. The molecule has 42 heavy (non-hydrogen) atoms. The van der Waals surface area contributed by atoms with E-state index in [9.17, 15) is 9.59 Å². The predicted octanol–water partition coefficient (Wildman–Crippen LogP) is 7.58. The monoisotopic (exact) mass is 574 g/mol. The molecule has 0 saturated carbocycles. The molecule has 0 bridgehead atoms. The van der Waals surface area contributed by atoms with Crippen LogP contribution in [-0.4, -0.2) is 53.3 Å². The molecule has 0 atom stereocenters. The van der Waals surface area contributed by atoms with E-state index >= 15 is 0 Å². The fourth-order valence-electron chi connectivity index (χ4n) is 4.68. The van der Waals surface area contributed by atoms with Gasteiger partial charge in [0.25, 0.3) is 0 Å². The molecule has 7 nitrogen and oxygen atoms in total. The molecule has 0 aliphatic carbocycles. The molecule has 3 aromatic carbocycles. The second kappa shape index (κ2) is 20.1. The molecular formula is C35H46N2O5. The number of aliphatic hydroxyl groups excluding tert-OH is 1. The maximum Gasteiger partial charge on any atom is 0.410 e. The largest absolute Gasteiger partial charge is 0.445 e. The van der Waals surface area contributed by atoms with Crippen LogP contribution in [0.3, 0.4) is 0 Å². The SMILES string of the molecule is O=C(OCc1ccccc1)N(CCCCCCO)CCCCCCN(Cc1ccccc1)C(=O)OCc1ccccc1. The predicted molar refractivity (Wildman–Crippen MR) is 166 cm³/mol. The topological polar surface area (TPSA) is 79.3 Å². The minimum absolute atomic E-state index is 0.205. The highest BCUT2D eigenvalue weighted by molar-refractivity contribution is 5.68. The number of hydrogen-bond acceptors (Lipinski definition) is 5. The maximum absolute atomic E-state index is 13.0. The molecular weight excluding hydrogens is 528 g/mol. The Morgan fingerprint density at radius 2 is 0.881 bits per heavy atom. The Morgan fingerprint density at radius 1 is 0.500 bits per heavy atom. The lowest BCUT2D eigenvalue weighted by Crippen LogP contribution is -2.33. The molecule has 7 heteroatoms. The average molecular weight is 575 g/mol. The number of benzene rings is 3. The molecule has 2 amide bonds. The van der Waals surface area contributed by atoms with Gasteiger partial charge in [0.1, 0.15) is 13.2 Å². The van der Waals surface area contributed by atoms with Crippen molar-refractivity contribution in [2.45, 2.75) is 71.1 Å². The molecule has 0 aromatic heterocycles. The zero-order valence-corrected chi connectivity index (χ0v) is 24.7. The molecule has 0 heterocycles. The molecule has 0 radical (unpaired) electrons.